The van der Waals surface area contributed by atoms with Crippen LogP contribution in [0.15, 0.2) is 0 Å². The van der Waals surface area contributed by atoms with E-state index < -0.39 is 149 Å². The first-order valence-corrected chi connectivity index (χ1v) is 15.2. The van der Waals surface area contributed by atoms with Crippen LogP contribution in [0, 0.1) is 0 Å². The molecule has 1 amide bonds. The van der Waals surface area contributed by atoms with Gasteiger partial charge < -0.3 is 102 Å². The number of amides is 1. The first-order chi connectivity index (χ1) is 22.3. The molecule has 4 fully saturated rings. The maximum absolute atomic E-state index is 11.6. The summed E-state index contributed by atoms with van der Waals surface area (Å²) in [6, 6.07) is -5.04. The zero-order valence-corrected chi connectivity index (χ0v) is 25.5. The van der Waals surface area contributed by atoms with Gasteiger partial charge in [-0.15, -0.1) is 0 Å². The normalized spacial score (nSPS) is 49.4. The van der Waals surface area contributed by atoms with Gasteiger partial charge in [-0.1, -0.05) is 0 Å². The number of hydrogen-bond acceptors (Lipinski definition) is 20. The fourth-order valence-electron chi connectivity index (χ4n) is 6.03. The number of carbonyl (C=O) groups excluding carboxylic acids is 1. The highest BCUT2D eigenvalue weighted by molar-refractivity contribution is 5.73. The van der Waals surface area contributed by atoms with Crippen molar-refractivity contribution in [1.82, 2.24) is 5.32 Å². The number of nitrogens with one attached hydrogen (secondary N) is 1. The van der Waals surface area contributed by atoms with Crippen molar-refractivity contribution in [2.75, 3.05) is 33.0 Å². The molecule has 0 saturated carbocycles. The average Bonchev–Trinajstić information content (AvgIpc) is 3.05. The number of hydrogen-bond donors (Lipinski definition) is 13. The molecule has 0 radical (unpaired) electrons. The Bertz CT molecular complexity index is 1000. The zero-order chi connectivity index (χ0) is 34.7. The second-order valence-electron chi connectivity index (χ2n) is 12.0. The number of carbonyl (C=O) groups is 1. The van der Waals surface area contributed by atoms with Gasteiger partial charge in [0, 0.05) is 6.92 Å². The van der Waals surface area contributed by atoms with Crippen LogP contribution < -0.4 is 22.5 Å². The molecule has 8 unspecified atom stereocenters. The lowest BCUT2D eigenvalue weighted by Crippen LogP contribution is -2.70. The van der Waals surface area contributed by atoms with Crippen molar-refractivity contribution >= 4 is 5.91 Å². The van der Waals surface area contributed by atoms with Crippen LogP contribution in [0.3, 0.4) is 0 Å². The van der Waals surface area contributed by atoms with E-state index in [2.05, 4.69) is 5.32 Å². The molecule has 16 N–H and O–H groups in total. The minimum atomic E-state index is -1.64. The molecule has 19 atom stereocenters. The van der Waals surface area contributed by atoms with Gasteiger partial charge in [0.1, 0.15) is 73.2 Å². The summed E-state index contributed by atoms with van der Waals surface area (Å²) < 4.78 is 39.9. The van der Waals surface area contributed by atoms with Crippen molar-refractivity contribution in [2.24, 2.45) is 17.2 Å². The minimum Gasteiger partial charge on any atom is -0.394 e. The number of aliphatic hydroxyl groups excluding tert-OH is 9. The Labute approximate surface area is 269 Å². The molecule has 4 rings (SSSR count). The Balaban J connectivity index is 1.43. The largest absolute Gasteiger partial charge is 0.394 e. The first kappa shape index (κ1) is 38.5. The van der Waals surface area contributed by atoms with E-state index in [0.29, 0.717) is 0 Å². The predicted molar refractivity (Wildman–Crippen MR) is 150 cm³/mol. The first-order valence-electron chi connectivity index (χ1n) is 15.2. The van der Waals surface area contributed by atoms with Crippen molar-refractivity contribution in [2.45, 2.75) is 123 Å². The lowest BCUT2D eigenvalue weighted by atomic mass is 9.94. The molecule has 21 nitrogen and oxygen atoms in total. The van der Waals surface area contributed by atoms with E-state index in [4.69, 9.17) is 50.4 Å². The molecule has 4 aliphatic rings. The van der Waals surface area contributed by atoms with Gasteiger partial charge >= 0.3 is 0 Å². The summed E-state index contributed by atoms with van der Waals surface area (Å²) in [5.41, 5.74) is 18.3. The topological polar surface area (TPSA) is 354 Å². The van der Waals surface area contributed by atoms with Crippen LogP contribution in [-0.2, 0) is 38.0 Å². The van der Waals surface area contributed by atoms with Crippen molar-refractivity contribution in [3.63, 3.8) is 0 Å². The molecule has 0 spiro atoms. The number of aliphatic hydroxyl groups is 9. The lowest BCUT2D eigenvalue weighted by Gasteiger charge is -2.49. The molecular weight excluding hydrogens is 640 g/mol. The Morgan fingerprint density at radius 1 is 0.617 bits per heavy atom. The van der Waals surface area contributed by atoms with E-state index in [0.717, 1.165) is 0 Å². The molecular formula is C26H48N4O17. The second-order valence-corrected chi connectivity index (χ2v) is 12.0. The van der Waals surface area contributed by atoms with E-state index in [1.165, 1.54) is 6.92 Å². The number of nitrogens with two attached hydrogens (primary N) is 3. The van der Waals surface area contributed by atoms with Crippen LogP contribution in [0.5, 0.6) is 0 Å². The van der Waals surface area contributed by atoms with Crippen LogP contribution in [0.1, 0.15) is 6.92 Å². The van der Waals surface area contributed by atoms with Gasteiger partial charge in [-0.2, -0.15) is 0 Å². The van der Waals surface area contributed by atoms with E-state index in [1.807, 2.05) is 0 Å². The molecule has 4 heterocycles. The maximum atomic E-state index is 11.6. The van der Waals surface area contributed by atoms with Gasteiger partial charge in [0.05, 0.1) is 57.2 Å². The van der Waals surface area contributed by atoms with Crippen molar-refractivity contribution < 1.29 is 83.9 Å². The number of ether oxygens (including phenoxy) is 7. The highest BCUT2D eigenvalue weighted by Gasteiger charge is 2.53. The Morgan fingerprint density at radius 3 is 1.40 bits per heavy atom. The van der Waals surface area contributed by atoms with Crippen molar-refractivity contribution in [1.29, 1.82) is 0 Å². The quantitative estimate of drug-likeness (QED) is 0.0958. The van der Waals surface area contributed by atoms with Crippen LogP contribution in [0.4, 0.5) is 0 Å². The molecule has 4 aliphatic heterocycles. The van der Waals surface area contributed by atoms with E-state index in [9.17, 15) is 50.8 Å². The minimum absolute atomic E-state index is 0.121. The van der Waals surface area contributed by atoms with Crippen LogP contribution in [0.2, 0.25) is 0 Å². The summed E-state index contributed by atoms with van der Waals surface area (Å²) in [4.78, 5) is 11.6. The third-order valence-corrected chi connectivity index (χ3v) is 8.78. The van der Waals surface area contributed by atoms with E-state index >= 15 is 0 Å². The molecule has 47 heavy (non-hydrogen) atoms. The molecule has 0 bridgehead atoms. The predicted octanol–water partition coefficient (Wildman–Crippen LogP) is -9.02. The Morgan fingerprint density at radius 2 is 1.00 bits per heavy atom. The summed E-state index contributed by atoms with van der Waals surface area (Å²) in [5.74, 6) is -0.449. The average molecular weight is 689 g/mol. The summed E-state index contributed by atoms with van der Waals surface area (Å²) >= 11 is 0. The van der Waals surface area contributed by atoms with Crippen molar-refractivity contribution in [3.8, 4) is 0 Å². The van der Waals surface area contributed by atoms with Gasteiger partial charge in [0.2, 0.25) is 5.91 Å². The van der Waals surface area contributed by atoms with Gasteiger partial charge in [0.15, 0.2) is 18.9 Å². The number of rotatable bonds is 11. The Hall–Kier alpha value is -1.29. The van der Waals surface area contributed by atoms with Gasteiger partial charge in [-0.05, 0) is 0 Å². The lowest BCUT2D eigenvalue weighted by molar-refractivity contribution is -0.355. The molecule has 274 valence electrons. The van der Waals surface area contributed by atoms with Crippen LogP contribution in [0.25, 0.3) is 0 Å². The maximum Gasteiger partial charge on any atom is 0.217 e. The monoisotopic (exact) mass is 688 g/mol. The Kier molecular flexibility index (Phi) is 13.6. The van der Waals surface area contributed by atoms with E-state index in [-0.39, 0.29) is 6.61 Å². The van der Waals surface area contributed by atoms with Gasteiger partial charge in [-0.25, -0.2) is 0 Å². The van der Waals surface area contributed by atoms with Crippen LogP contribution >= 0.6 is 0 Å². The molecule has 0 aromatic rings. The highest BCUT2D eigenvalue weighted by Crippen LogP contribution is 2.32. The molecule has 0 aromatic carbocycles. The molecule has 0 aliphatic carbocycles. The molecule has 4 saturated heterocycles. The second kappa shape index (κ2) is 16.6. The van der Waals surface area contributed by atoms with Crippen LogP contribution in [-0.4, -0.2) is 201 Å². The SMILES string of the molecule is CC(=O)NC1COC(CO)[C@@H](O[C@@H]2OC(CO)[C@@H](O[C@@H]3OC(CO)[C@@H](O[C@@H]4OC(CO)[C@@H](O)[C@H](O)C4N)[C@H](O)C3N)[C@H](O)C2N)[C@@H]1O. The highest BCUT2D eigenvalue weighted by atomic mass is 16.8. The third kappa shape index (κ3) is 8.20. The fraction of sp³-hybridized carbons (Fsp3) is 0.962. The molecule has 0 aromatic heterocycles. The standard InChI is InChI=1S/C26H48N4O17/c1-7(35)30-8-6-41-10(3-32)21(16(8)36)45-25-14(28)19(39)23(12(5-34)43-25)47-26-15(29)20(40)22(11(4-33)44-26)46-24-13(27)18(38)17(37)9(2-31)42-24/h8-26,31-34,36-40H,2-6,27-29H2,1H3,(H,30,35)/t8?,9?,10?,11?,12?,13?,14?,15?,16-,17-,18-,19-,20-,21-,22-,23-,24+,25+,26+/m1/s1. The van der Waals surface area contributed by atoms with Gasteiger partial charge in [0.25, 0.3) is 0 Å². The summed E-state index contributed by atoms with van der Waals surface area (Å²) in [7, 11) is 0. The van der Waals surface area contributed by atoms with E-state index in [1.54, 1.807) is 0 Å². The third-order valence-electron chi connectivity index (χ3n) is 8.78. The summed E-state index contributed by atoms with van der Waals surface area (Å²) in [6.45, 7) is -1.66. The van der Waals surface area contributed by atoms with Gasteiger partial charge in [-0.3, -0.25) is 4.79 Å². The van der Waals surface area contributed by atoms with Crippen molar-refractivity contribution in [3.05, 3.63) is 0 Å². The summed E-state index contributed by atoms with van der Waals surface area (Å²) in [6.07, 6.45) is -21.4. The smallest absolute Gasteiger partial charge is 0.217 e. The summed E-state index contributed by atoms with van der Waals surface area (Å²) in [5, 5.41) is 95.3. The fourth-order valence-corrected chi connectivity index (χ4v) is 6.03. The molecule has 21 heteroatoms. The zero-order valence-electron chi connectivity index (χ0n) is 25.5.